The van der Waals surface area contributed by atoms with Crippen LogP contribution in [0, 0.1) is 0 Å². The summed E-state index contributed by atoms with van der Waals surface area (Å²) in [6.45, 7) is 0.0607. The summed E-state index contributed by atoms with van der Waals surface area (Å²) in [7, 11) is 0. The summed E-state index contributed by atoms with van der Waals surface area (Å²) < 4.78 is 37.5. The Morgan fingerprint density at radius 3 is 2.61 bits per heavy atom. The first-order valence-corrected chi connectivity index (χ1v) is 5.54. The van der Waals surface area contributed by atoms with E-state index in [1.54, 1.807) is 0 Å². The standard InChI is InChI=1S/C10H12F3N3O2/c11-10(12,13)8(17)7-5-16(15-14-7)6-9(18)3-1-2-4-9/h5,18H,1-4,6H2. The van der Waals surface area contributed by atoms with Gasteiger partial charge in [-0.05, 0) is 12.8 Å². The topological polar surface area (TPSA) is 68.0 Å². The Labute approximate surface area is 101 Å². The average molecular weight is 263 g/mol. The minimum atomic E-state index is -4.95. The molecule has 8 heteroatoms. The Morgan fingerprint density at radius 2 is 2.06 bits per heavy atom. The van der Waals surface area contributed by atoms with E-state index in [2.05, 4.69) is 10.3 Å². The number of aromatic nitrogens is 3. The van der Waals surface area contributed by atoms with Gasteiger partial charge >= 0.3 is 6.18 Å². The number of aliphatic hydroxyl groups is 1. The second kappa shape index (κ2) is 4.34. The van der Waals surface area contributed by atoms with Crippen molar-refractivity contribution in [1.82, 2.24) is 15.0 Å². The molecule has 1 N–H and O–H groups in total. The molecule has 100 valence electrons. The van der Waals surface area contributed by atoms with Crippen LogP contribution >= 0.6 is 0 Å². The monoisotopic (exact) mass is 263 g/mol. The Balaban J connectivity index is 2.09. The molecule has 1 saturated carbocycles. The summed E-state index contributed by atoms with van der Waals surface area (Å²) >= 11 is 0. The fourth-order valence-corrected chi connectivity index (χ4v) is 2.12. The van der Waals surface area contributed by atoms with Gasteiger partial charge in [0.15, 0.2) is 5.69 Å². The van der Waals surface area contributed by atoms with Gasteiger partial charge in [-0.15, -0.1) is 5.10 Å². The molecule has 0 aliphatic heterocycles. The van der Waals surface area contributed by atoms with Gasteiger partial charge in [0.2, 0.25) is 0 Å². The Bertz CT molecular complexity index is 449. The highest BCUT2D eigenvalue weighted by molar-refractivity contribution is 5.98. The van der Waals surface area contributed by atoms with Gasteiger partial charge in [0.25, 0.3) is 5.78 Å². The summed E-state index contributed by atoms with van der Waals surface area (Å²) in [5, 5.41) is 16.7. The number of halogens is 3. The van der Waals surface area contributed by atoms with E-state index in [1.807, 2.05) is 0 Å². The molecule has 18 heavy (non-hydrogen) atoms. The van der Waals surface area contributed by atoms with Crippen LogP contribution in [0.5, 0.6) is 0 Å². The molecule has 1 aromatic rings. The lowest BCUT2D eigenvalue weighted by Gasteiger charge is -2.21. The predicted molar refractivity (Wildman–Crippen MR) is 53.8 cm³/mol. The second-order valence-corrected chi connectivity index (χ2v) is 4.56. The highest BCUT2D eigenvalue weighted by atomic mass is 19.4. The van der Waals surface area contributed by atoms with Crippen molar-refractivity contribution < 1.29 is 23.1 Å². The third-order valence-electron chi connectivity index (χ3n) is 3.02. The van der Waals surface area contributed by atoms with E-state index in [1.165, 1.54) is 0 Å². The molecule has 0 atom stereocenters. The first-order chi connectivity index (χ1) is 8.30. The lowest BCUT2D eigenvalue weighted by atomic mass is 10.0. The van der Waals surface area contributed by atoms with Gasteiger partial charge in [0.05, 0.1) is 18.3 Å². The number of ketones is 1. The molecule has 0 aromatic carbocycles. The van der Waals surface area contributed by atoms with Gasteiger partial charge in [-0.25, -0.2) is 4.68 Å². The SMILES string of the molecule is O=C(c1cn(CC2(O)CCCC2)nn1)C(F)(F)F. The summed E-state index contributed by atoms with van der Waals surface area (Å²) in [4.78, 5) is 10.9. The van der Waals surface area contributed by atoms with Crippen molar-refractivity contribution in [2.45, 2.75) is 44.0 Å². The third-order valence-corrected chi connectivity index (χ3v) is 3.02. The average Bonchev–Trinajstić information content (AvgIpc) is 2.86. The van der Waals surface area contributed by atoms with Gasteiger partial charge in [-0.3, -0.25) is 4.79 Å². The summed E-state index contributed by atoms with van der Waals surface area (Å²) in [5.41, 5.74) is -1.70. The van der Waals surface area contributed by atoms with Crippen molar-refractivity contribution in [3.63, 3.8) is 0 Å². The summed E-state index contributed by atoms with van der Waals surface area (Å²) in [6, 6.07) is 0. The molecular formula is C10H12F3N3O2. The molecule has 1 aromatic heterocycles. The van der Waals surface area contributed by atoms with E-state index in [4.69, 9.17) is 0 Å². The molecule has 0 bridgehead atoms. The zero-order valence-corrected chi connectivity index (χ0v) is 9.44. The minimum Gasteiger partial charge on any atom is -0.388 e. The molecule has 0 saturated heterocycles. The van der Waals surface area contributed by atoms with Crippen LogP contribution in [-0.4, -0.2) is 37.7 Å². The fraction of sp³-hybridized carbons (Fsp3) is 0.700. The largest absolute Gasteiger partial charge is 0.456 e. The zero-order chi connectivity index (χ0) is 13.4. The Morgan fingerprint density at radius 1 is 1.44 bits per heavy atom. The molecule has 1 fully saturated rings. The molecule has 1 heterocycles. The van der Waals surface area contributed by atoms with Crippen molar-refractivity contribution in [2.75, 3.05) is 0 Å². The van der Waals surface area contributed by atoms with E-state index in [0.717, 1.165) is 23.7 Å². The highest BCUT2D eigenvalue weighted by Gasteiger charge is 2.41. The van der Waals surface area contributed by atoms with Crippen LogP contribution in [-0.2, 0) is 6.54 Å². The number of carbonyl (C=O) groups excluding carboxylic acids is 1. The van der Waals surface area contributed by atoms with E-state index >= 15 is 0 Å². The Kier molecular flexibility index (Phi) is 3.14. The van der Waals surface area contributed by atoms with Gasteiger partial charge in [0.1, 0.15) is 0 Å². The molecule has 1 aliphatic carbocycles. The minimum absolute atomic E-state index is 0.0607. The smallest absolute Gasteiger partial charge is 0.388 e. The number of alkyl halides is 3. The van der Waals surface area contributed by atoms with Gasteiger partial charge < -0.3 is 5.11 Å². The Hall–Kier alpha value is -1.44. The highest BCUT2D eigenvalue weighted by Crippen LogP contribution is 2.30. The molecule has 1 aliphatic rings. The molecule has 0 spiro atoms. The van der Waals surface area contributed by atoms with Crippen molar-refractivity contribution in [3.05, 3.63) is 11.9 Å². The van der Waals surface area contributed by atoms with Crippen molar-refractivity contribution in [3.8, 4) is 0 Å². The summed E-state index contributed by atoms with van der Waals surface area (Å²) in [5.74, 6) is -2.02. The zero-order valence-electron chi connectivity index (χ0n) is 9.44. The van der Waals surface area contributed by atoms with Crippen LogP contribution in [0.1, 0.15) is 36.2 Å². The van der Waals surface area contributed by atoms with Crippen LogP contribution in [0.3, 0.4) is 0 Å². The van der Waals surface area contributed by atoms with E-state index in [-0.39, 0.29) is 6.54 Å². The lowest BCUT2D eigenvalue weighted by Crippen LogP contribution is -2.30. The first kappa shape index (κ1) is 13.0. The number of Topliss-reactive ketones (excluding diaryl/α,β-unsaturated/α-hetero) is 1. The van der Waals surface area contributed by atoms with E-state index in [9.17, 15) is 23.1 Å². The summed E-state index contributed by atoms with van der Waals surface area (Å²) in [6.07, 6.45) is -1.12. The maximum atomic E-state index is 12.1. The van der Waals surface area contributed by atoms with Crippen LogP contribution in [0.4, 0.5) is 13.2 Å². The maximum Gasteiger partial charge on any atom is 0.456 e. The van der Waals surface area contributed by atoms with Crippen molar-refractivity contribution >= 4 is 5.78 Å². The maximum absolute atomic E-state index is 12.1. The van der Waals surface area contributed by atoms with Crippen LogP contribution < -0.4 is 0 Å². The number of carbonyl (C=O) groups is 1. The van der Waals surface area contributed by atoms with Crippen LogP contribution in [0.25, 0.3) is 0 Å². The first-order valence-electron chi connectivity index (χ1n) is 5.54. The normalized spacial score (nSPS) is 19.1. The quantitative estimate of drug-likeness (QED) is 0.835. The predicted octanol–water partition coefficient (Wildman–Crippen LogP) is 1.33. The lowest BCUT2D eigenvalue weighted by molar-refractivity contribution is -0.0888. The van der Waals surface area contributed by atoms with Crippen molar-refractivity contribution in [1.29, 1.82) is 0 Å². The van der Waals surface area contributed by atoms with Gasteiger partial charge in [-0.2, -0.15) is 13.2 Å². The number of rotatable bonds is 3. The molecule has 5 nitrogen and oxygen atoms in total. The van der Waals surface area contributed by atoms with E-state index < -0.39 is 23.3 Å². The molecule has 0 amide bonds. The molecular weight excluding hydrogens is 251 g/mol. The number of nitrogens with zero attached hydrogens (tertiary/aromatic N) is 3. The fourth-order valence-electron chi connectivity index (χ4n) is 2.12. The molecule has 0 radical (unpaired) electrons. The molecule has 2 rings (SSSR count). The molecule has 0 unspecified atom stereocenters. The number of hydrogen-bond donors (Lipinski definition) is 1. The van der Waals surface area contributed by atoms with Gasteiger partial charge in [0, 0.05) is 0 Å². The van der Waals surface area contributed by atoms with Gasteiger partial charge in [-0.1, -0.05) is 18.1 Å². The van der Waals surface area contributed by atoms with Crippen LogP contribution in [0.15, 0.2) is 6.20 Å². The number of hydrogen-bond acceptors (Lipinski definition) is 4. The third kappa shape index (κ3) is 2.69. The second-order valence-electron chi connectivity index (χ2n) is 4.56. The van der Waals surface area contributed by atoms with E-state index in [0.29, 0.717) is 12.8 Å². The van der Waals surface area contributed by atoms with Crippen LogP contribution in [0.2, 0.25) is 0 Å². The van der Waals surface area contributed by atoms with Crippen molar-refractivity contribution in [2.24, 2.45) is 0 Å².